The first-order chi connectivity index (χ1) is 10.5. The number of anilines is 1. The highest BCUT2D eigenvalue weighted by molar-refractivity contribution is 7.99. The summed E-state index contributed by atoms with van der Waals surface area (Å²) >= 11 is 7.11. The number of thioether (sulfide) groups is 1. The van der Waals surface area contributed by atoms with E-state index in [1.54, 1.807) is 18.2 Å². The molecule has 6 nitrogen and oxygen atoms in total. The topological polar surface area (TPSA) is 79.8 Å². The van der Waals surface area contributed by atoms with Gasteiger partial charge in [-0.3, -0.25) is 9.36 Å². The van der Waals surface area contributed by atoms with Crippen LogP contribution in [0.5, 0.6) is 0 Å². The first-order valence-corrected chi connectivity index (χ1v) is 8.21. The molecule has 2 rings (SSSR count). The van der Waals surface area contributed by atoms with E-state index in [0.29, 0.717) is 16.7 Å². The predicted octanol–water partition coefficient (Wildman–Crippen LogP) is 2.67. The molecule has 1 amide bonds. The van der Waals surface area contributed by atoms with Crippen molar-refractivity contribution < 1.29 is 4.79 Å². The molecule has 0 saturated carbocycles. The number of halogens is 1. The number of hydrogen-bond donors (Lipinski definition) is 2. The summed E-state index contributed by atoms with van der Waals surface area (Å²) in [5.41, 5.74) is 1.37. The molecule has 0 aliphatic carbocycles. The van der Waals surface area contributed by atoms with E-state index in [2.05, 4.69) is 15.5 Å². The van der Waals surface area contributed by atoms with Crippen LogP contribution in [0.4, 0.5) is 5.69 Å². The number of aromatic amines is 1. The summed E-state index contributed by atoms with van der Waals surface area (Å²) in [7, 11) is 0. The van der Waals surface area contributed by atoms with Crippen molar-refractivity contribution >= 4 is 35.0 Å². The summed E-state index contributed by atoms with van der Waals surface area (Å²) in [6.07, 6.45) is 0.823. The Hall–Kier alpha value is -1.73. The van der Waals surface area contributed by atoms with Crippen LogP contribution in [0.15, 0.2) is 28.2 Å². The number of aromatic nitrogens is 3. The largest absolute Gasteiger partial charge is 0.343 e. The molecule has 0 bridgehead atoms. The Morgan fingerprint density at radius 3 is 2.95 bits per heavy atom. The number of carbonyl (C=O) groups is 1. The summed E-state index contributed by atoms with van der Waals surface area (Å²) < 4.78 is 1.53. The average molecular weight is 341 g/mol. The van der Waals surface area contributed by atoms with Gasteiger partial charge in [0, 0.05) is 17.3 Å². The van der Waals surface area contributed by atoms with Crippen LogP contribution < -0.4 is 11.0 Å². The van der Waals surface area contributed by atoms with Crippen LogP contribution >= 0.6 is 23.4 Å². The number of carbonyl (C=O) groups excluding carboxylic acids is 1. The molecule has 2 aromatic rings. The maximum absolute atomic E-state index is 12.0. The lowest BCUT2D eigenvalue weighted by Crippen LogP contribution is -2.18. The number of nitrogens with one attached hydrogen (secondary N) is 2. The monoisotopic (exact) mass is 340 g/mol. The fourth-order valence-electron chi connectivity index (χ4n) is 1.92. The second-order valence-electron chi connectivity index (χ2n) is 4.76. The van der Waals surface area contributed by atoms with Gasteiger partial charge >= 0.3 is 5.69 Å². The van der Waals surface area contributed by atoms with Gasteiger partial charge in [0.25, 0.3) is 0 Å². The molecule has 22 heavy (non-hydrogen) atoms. The molecule has 0 unspecified atom stereocenters. The van der Waals surface area contributed by atoms with Gasteiger partial charge in [0.1, 0.15) is 0 Å². The molecule has 0 atom stereocenters. The van der Waals surface area contributed by atoms with Gasteiger partial charge in [-0.15, -0.1) is 5.10 Å². The zero-order chi connectivity index (χ0) is 16.1. The SMILES string of the molecule is CCCn1c(SCC(=O)Nc2ccc(Cl)cc2C)n[nH]c1=O. The molecule has 8 heteroatoms. The summed E-state index contributed by atoms with van der Waals surface area (Å²) in [6.45, 7) is 4.43. The Morgan fingerprint density at radius 1 is 1.50 bits per heavy atom. The summed E-state index contributed by atoms with van der Waals surface area (Å²) in [6, 6.07) is 5.28. The quantitative estimate of drug-likeness (QED) is 0.792. The minimum absolute atomic E-state index is 0.158. The zero-order valence-corrected chi connectivity index (χ0v) is 13.9. The van der Waals surface area contributed by atoms with E-state index in [1.165, 1.54) is 16.3 Å². The number of H-pyrrole nitrogens is 1. The van der Waals surface area contributed by atoms with Crippen molar-refractivity contribution in [3.63, 3.8) is 0 Å². The lowest BCUT2D eigenvalue weighted by atomic mass is 10.2. The highest BCUT2D eigenvalue weighted by atomic mass is 35.5. The molecule has 1 aromatic carbocycles. The first-order valence-electron chi connectivity index (χ1n) is 6.85. The smallest absolute Gasteiger partial charge is 0.325 e. The van der Waals surface area contributed by atoms with E-state index in [1.807, 2.05) is 13.8 Å². The van der Waals surface area contributed by atoms with Crippen LogP contribution in [0.1, 0.15) is 18.9 Å². The molecule has 2 N–H and O–H groups in total. The second kappa shape index (κ2) is 7.51. The van der Waals surface area contributed by atoms with Crippen molar-refractivity contribution in [1.29, 1.82) is 0 Å². The van der Waals surface area contributed by atoms with Crippen molar-refractivity contribution in [3.05, 3.63) is 39.3 Å². The third-order valence-electron chi connectivity index (χ3n) is 2.97. The highest BCUT2D eigenvalue weighted by Gasteiger charge is 2.11. The third-order valence-corrected chi connectivity index (χ3v) is 4.18. The van der Waals surface area contributed by atoms with Crippen molar-refractivity contribution in [3.8, 4) is 0 Å². The van der Waals surface area contributed by atoms with E-state index in [9.17, 15) is 9.59 Å². The summed E-state index contributed by atoms with van der Waals surface area (Å²) in [5, 5.41) is 10.3. The Morgan fingerprint density at radius 2 is 2.27 bits per heavy atom. The molecule has 0 aliphatic rings. The minimum atomic E-state index is -0.252. The maximum Gasteiger partial charge on any atom is 0.343 e. The van der Waals surface area contributed by atoms with Crippen LogP contribution in [-0.2, 0) is 11.3 Å². The lowest BCUT2D eigenvalue weighted by Gasteiger charge is -2.08. The number of aryl methyl sites for hydroxylation is 1. The molecule has 1 aromatic heterocycles. The van der Waals surface area contributed by atoms with Gasteiger partial charge < -0.3 is 5.32 Å². The standard InChI is InChI=1S/C14H17ClN4O2S/c1-3-6-19-13(21)17-18-14(19)22-8-12(20)16-11-5-4-10(15)7-9(11)2/h4-5,7H,3,6,8H2,1-2H3,(H,16,20)(H,17,21). The van der Waals surface area contributed by atoms with E-state index >= 15 is 0 Å². The molecule has 1 heterocycles. The van der Waals surface area contributed by atoms with Gasteiger partial charge in [0.05, 0.1) is 5.75 Å². The highest BCUT2D eigenvalue weighted by Crippen LogP contribution is 2.20. The van der Waals surface area contributed by atoms with Crippen LogP contribution in [0, 0.1) is 6.92 Å². The molecule has 0 radical (unpaired) electrons. The number of hydrogen-bond acceptors (Lipinski definition) is 4. The lowest BCUT2D eigenvalue weighted by molar-refractivity contribution is -0.113. The summed E-state index contributed by atoms with van der Waals surface area (Å²) in [4.78, 5) is 23.6. The fourth-order valence-corrected chi connectivity index (χ4v) is 2.92. The third kappa shape index (κ3) is 4.14. The second-order valence-corrected chi connectivity index (χ2v) is 6.14. The number of rotatable bonds is 6. The van der Waals surface area contributed by atoms with E-state index < -0.39 is 0 Å². The molecule has 0 aliphatic heterocycles. The van der Waals surface area contributed by atoms with Crippen molar-refractivity contribution in [1.82, 2.24) is 14.8 Å². The Balaban J connectivity index is 1.97. The molecule has 0 saturated heterocycles. The van der Waals surface area contributed by atoms with E-state index in [-0.39, 0.29) is 17.3 Å². The van der Waals surface area contributed by atoms with E-state index in [4.69, 9.17) is 11.6 Å². The molecular formula is C14H17ClN4O2S. The van der Waals surface area contributed by atoms with Gasteiger partial charge in [-0.05, 0) is 37.1 Å². The first kappa shape index (κ1) is 16.6. The van der Waals surface area contributed by atoms with Gasteiger partial charge in [-0.1, -0.05) is 30.3 Å². The van der Waals surface area contributed by atoms with Crippen LogP contribution in [0.25, 0.3) is 0 Å². The number of nitrogens with zero attached hydrogens (tertiary/aromatic N) is 2. The molecule has 118 valence electrons. The van der Waals surface area contributed by atoms with Crippen molar-refractivity contribution in [2.75, 3.05) is 11.1 Å². The minimum Gasteiger partial charge on any atom is -0.325 e. The predicted molar refractivity (Wildman–Crippen MR) is 88.7 cm³/mol. The molecule has 0 spiro atoms. The van der Waals surface area contributed by atoms with Gasteiger partial charge in [0.15, 0.2) is 5.16 Å². The number of amides is 1. The Labute approximate surface area is 137 Å². The fraction of sp³-hybridized carbons (Fsp3) is 0.357. The summed E-state index contributed by atoms with van der Waals surface area (Å²) in [5.74, 6) is 0.0183. The zero-order valence-electron chi connectivity index (χ0n) is 12.4. The Kier molecular flexibility index (Phi) is 5.68. The molecule has 0 fully saturated rings. The van der Waals surface area contributed by atoms with Gasteiger partial charge in [-0.25, -0.2) is 9.89 Å². The maximum atomic E-state index is 12.0. The van der Waals surface area contributed by atoms with Crippen molar-refractivity contribution in [2.45, 2.75) is 32.0 Å². The van der Waals surface area contributed by atoms with E-state index in [0.717, 1.165) is 17.7 Å². The van der Waals surface area contributed by atoms with Gasteiger partial charge in [0.2, 0.25) is 5.91 Å². The van der Waals surface area contributed by atoms with Crippen LogP contribution in [0.3, 0.4) is 0 Å². The van der Waals surface area contributed by atoms with Crippen LogP contribution in [0.2, 0.25) is 5.02 Å². The molecular weight excluding hydrogens is 324 g/mol. The Bertz CT molecular complexity index is 726. The van der Waals surface area contributed by atoms with Crippen LogP contribution in [-0.4, -0.2) is 26.4 Å². The normalized spacial score (nSPS) is 10.7. The number of benzene rings is 1. The van der Waals surface area contributed by atoms with Gasteiger partial charge in [-0.2, -0.15) is 0 Å². The van der Waals surface area contributed by atoms with Crippen molar-refractivity contribution in [2.24, 2.45) is 0 Å². The average Bonchev–Trinajstić information content (AvgIpc) is 2.81.